The van der Waals surface area contributed by atoms with Crippen molar-refractivity contribution in [3.63, 3.8) is 0 Å². The van der Waals surface area contributed by atoms with Gasteiger partial charge in [0.05, 0.1) is 72.2 Å². The number of aliphatic hydroxyl groups is 4. The van der Waals surface area contributed by atoms with E-state index in [4.69, 9.17) is 10.8 Å². The number of rotatable bonds is 27. The van der Waals surface area contributed by atoms with Crippen LogP contribution in [0.4, 0.5) is 0 Å². The number of hydrogen-bond acceptors (Lipinski definition) is 17. The predicted molar refractivity (Wildman–Crippen MR) is 184 cm³/mol. The Labute approximate surface area is 321 Å². The third-order valence-electron chi connectivity index (χ3n) is 6.55. The van der Waals surface area contributed by atoms with E-state index in [2.05, 4.69) is 31.9 Å². The molecule has 29 nitrogen and oxygen atoms in total. The predicted octanol–water partition coefficient (Wildman–Crippen LogP) is -13.2. The molecule has 0 aliphatic rings. The largest absolute Gasteiger partial charge is 0.480 e. The number of aliphatic hydroxyl groups excluding tert-OH is 4. The van der Waals surface area contributed by atoms with E-state index in [0.717, 1.165) is 0 Å². The van der Waals surface area contributed by atoms with E-state index >= 15 is 0 Å². The number of nitrogens with one attached hydrogen (secondary N) is 11. The topological polar surface area (TPSA) is 464 Å². The van der Waals surface area contributed by atoms with Crippen molar-refractivity contribution in [1.82, 2.24) is 58.5 Å². The third kappa shape index (κ3) is 22.4. The zero-order valence-electron chi connectivity index (χ0n) is 30.0. The highest BCUT2D eigenvalue weighted by atomic mass is 16.4. The lowest BCUT2D eigenvalue weighted by atomic mass is 10.2. The number of nitrogens with two attached hydrogens (primary N) is 1. The van der Waals surface area contributed by atoms with Gasteiger partial charge in [-0.3, -0.25) is 57.5 Å². The Morgan fingerprint density at radius 3 is 0.947 bits per heavy atom. The molecular formula is C28H46N12O17. The van der Waals surface area contributed by atoms with Crippen LogP contribution >= 0.6 is 0 Å². The van der Waals surface area contributed by atoms with Crippen molar-refractivity contribution in [3.05, 3.63) is 0 Å². The van der Waals surface area contributed by atoms with Crippen LogP contribution in [0.1, 0.15) is 0 Å². The summed E-state index contributed by atoms with van der Waals surface area (Å²) in [6.07, 6.45) is 0. The molecule has 0 spiro atoms. The molecular weight excluding hydrogens is 776 g/mol. The minimum atomic E-state index is -1.76. The number of amides is 11. The van der Waals surface area contributed by atoms with Crippen molar-refractivity contribution in [2.75, 3.05) is 78.8 Å². The fourth-order valence-corrected chi connectivity index (χ4v) is 3.63. The zero-order chi connectivity index (χ0) is 43.5. The lowest BCUT2D eigenvalue weighted by Crippen LogP contribution is -2.58. The molecule has 0 aliphatic heterocycles. The van der Waals surface area contributed by atoms with Gasteiger partial charge >= 0.3 is 5.97 Å². The van der Waals surface area contributed by atoms with Crippen molar-refractivity contribution < 1.29 is 83.1 Å². The highest BCUT2D eigenvalue weighted by Gasteiger charge is 2.28. The van der Waals surface area contributed by atoms with Crippen LogP contribution in [0.15, 0.2) is 0 Å². The van der Waals surface area contributed by atoms with Gasteiger partial charge in [0.25, 0.3) is 0 Å². The van der Waals surface area contributed by atoms with E-state index in [9.17, 15) is 78.0 Å². The molecule has 0 aromatic rings. The van der Waals surface area contributed by atoms with Crippen molar-refractivity contribution in [3.8, 4) is 0 Å². The number of carbonyl (C=O) groups is 12. The van der Waals surface area contributed by atoms with Gasteiger partial charge in [-0.05, 0) is 0 Å². The molecule has 57 heavy (non-hydrogen) atoms. The molecule has 0 saturated carbocycles. The number of carbonyl (C=O) groups excluding carboxylic acids is 11. The Morgan fingerprint density at radius 1 is 0.351 bits per heavy atom. The van der Waals surface area contributed by atoms with Crippen molar-refractivity contribution in [2.45, 2.75) is 24.2 Å². The van der Waals surface area contributed by atoms with E-state index in [1.165, 1.54) is 0 Å². The maximum Gasteiger partial charge on any atom is 0.322 e. The average Bonchev–Trinajstić information content (AvgIpc) is 3.19. The molecule has 0 aromatic carbocycles. The van der Waals surface area contributed by atoms with Crippen LogP contribution in [0.2, 0.25) is 0 Å². The maximum absolute atomic E-state index is 12.6. The lowest BCUT2D eigenvalue weighted by Gasteiger charge is -2.21. The van der Waals surface area contributed by atoms with Crippen LogP contribution in [0.5, 0.6) is 0 Å². The summed E-state index contributed by atoms with van der Waals surface area (Å²) in [5, 5.41) is 69.1. The molecule has 0 aliphatic carbocycles. The number of carboxylic acid groups (broad SMARTS) is 1. The second-order valence-corrected chi connectivity index (χ2v) is 11.0. The number of aliphatic carboxylic acids is 1. The number of hydrogen-bond donors (Lipinski definition) is 17. The van der Waals surface area contributed by atoms with E-state index in [-0.39, 0.29) is 0 Å². The van der Waals surface area contributed by atoms with Gasteiger partial charge in [0, 0.05) is 0 Å². The van der Waals surface area contributed by atoms with Gasteiger partial charge in [0.2, 0.25) is 65.0 Å². The standard InChI is InChI=1S/C28H46N12O17/c29-1-17(45)30-5-21(49)37-14(10-42)26(55)35-7-23(51)39-16(12-44)28(57)40-15(11-43)27(56)36-6-22(50)38-13(9-41)25(54)34-4-20(48)32-2-18(46)31-3-19(47)33-8-24(52)53/h13-16,41-44H,1-12,29H2,(H,30,45)(H,31,46)(H,32,48)(H,33,47)(H,34,54)(H,35,55)(H,36,56)(H,37,49)(H,38,50)(H,39,51)(H,40,57)(H,52,53)/t13-,14-,15-,16-/m0/s1. The first-order chi connectivity index (χ1) is 26.9. The Hall–Kier alpha value is -6.56. The quantitative estimate of drug-likeness (QED) is 0.0366. The van der Waals surface area contributed by atoms with E-state index in [1.54, 1.807) is 0 Å². The van der Waals surface area contributed by atoms with E-state index < -0.39 is 174 Å². The summed E-state index contributed by atoms with van der Waals surface area (Å²) in [7, 11) is 0. The fraction of sp³-hybridized carbons (Fsp3) is 0.571. The van der Waals surface area contributed by atoms with Gasteiger partial charge in [0.1, 0.15) is 30.7 Å². The Bertz CT molecular complexity index is 1480. The second-order valence-electron chi connectivity index (χ2n) is 11.0. The summed E-state index contributed by atoms with van der Waals surface area (Å²) in [4.78, 5) is 143. The smallest absolute Gasteiger partial charge is 0.322 e. The molecule has 0 rings (SSSR count). The van der Waals surface area contributed by atoms with Crippen LogP contribution in [0, 0.1) is 0 Å². The summed E-state index contributed by atoms with van der Waals surface area (Å²) in [5.41, 5.74) is 5.08. The van der Waals surface area contributed by atoms with Crippen LogP contribution in [0.25, 0.3) is 0 Å². The minimum absolute atomic E-state index is 0.405. The van der Waals surface area contributed by atoms with Gasteiger partial charge in [-0.15, -0.1) is 0 Å². The van der Waals surface area contributed by atoms with Gasteiger partial charge in [-0.1, -0.05) is 0 Å². The Balaban J connectivity index is 4.78. The van der Waals surface area contributed by atoms with Crippen LogP contribution < -0.4 is 64.2 Å². The van der Waals surface area contributed by atoms with Crippen LogP contribution in [0.3, 0.4) is 0 Å². The molecule has 320 valence electrons. The summed E-state index contributed by atoms with van der Waals surface area (Å²) in [6, 6.07) is -6.70. The summed E-state index contributed by atoms with van der Waals surface area (Å²) in [6.45, 7) is -9.31. The third-order valence-corrected chi connectivity index (χ3v) is 6.55. The zero-order valence-corrected chi connectivity index (χ0v) is 30.0. The second kappa shape index (κ2) is 27.9. The van der Waals surface area contributed by atoms with Crippen molar-refractivity contribution in [2.24, 2.45) is 5.73 Å². The first-order valence-corrected chi connectivity index (χ1v) is 16.3. The highest BCUT2D eigenvalue weighted by Crippen LogP contribution is 1.91. The molecule has 11 amide bonds. The van der Waals surface area contributed by atoms with Crippen LogP contribution in [-0.4, -0.2) is 199 Å². The first-order valence-electron chi connectivity index (χ1n) is 16.3. The molecule has 0 radical (unpaired) electrons. The molecule has 0 unspecified atom stereocenters. The SMILES string of the molecule is NCC(=O)NCC(=O)N[C@@H](CO)C(=O)NCC(=O)N[C@@H](CO)C(=O)N[C@@H](CO)C(=O)NCC(=O)N[C@@H](CO)C(=O)NCC(=O)NCC(=O)NCC(=O)NCC(=O)O. The van der Waals surface area contributed by atoms with Gasteiger partial charge in [0.15, 0.2) is 0 Å². The first kappa shape index (κ1) is 50.4. The van der Waals surface area contributed by atoms with Gasteiger partial charge in [-0.25, -0.2) is 0 Å². The highest BCUT2D eigenvalue weighted by molar-refractivity contribution is 5.96. The molecule has 0 saturated heterocycles. The molecule has 0 aromatic heterocycles. The lowest BCUT2D eigenvalue weighted by molar-refractivity contribution is -0.138. The molecule has 0 heterocycles. The van der Waals surface area contributed by atoms with Gasteiger partial charge < -0.3 is 89.8 Å². The maximum atomic E-state index is 12.6. The van der Waals surface area contributed by atoms with Crippen molar-refractivity contribution in [1.29, 1.82) is 0 Å². The molecule has 18 N–H and O–H groups in total. The fourth-order valence-electron chi connectivity index (χ4n) is 3.63. The Morgan fingerprint density at radius 2 is 0.614 bits per heavy atom. The average molecular weight is 823 g/mol. The minimum Gasteiger partial charge on any atom is -0.480 e. The van der Waals surface area contributed by atoms with E-state index in [1.807, 2.05) is 26.6 Å². The monoisotopic (exact) mass is 822 g/mol. The molecule has 0 fully saturated rings. The molecule has 0 bridgehead atoms. The van der Waals surface area contributed by atoms with Crippen molar-refractivity contribution >= 4 is 70.9 Å². The molecule has 4 atom stereocenters. The van der Waals surface area contributed by atoms with E-state index in [0.29, 0.717) is 0 Å². The summed E-state index contributed by atoms with van der Waals surface area (Å²) >= 11 is 0. The summed E-state index contributed by atoms with van der Waals surface area (Å²) in [5.74, 6) is -12.0. The van der Waals surface area contributed by atoms with Crippen LogP contribution in [-0.2, 0) is 57.5 Å². The normalized spacial score (nSPS) is 12.4. The van der Waals surface area contributed by atoms with Gasteiger partial charge in [-0.2, -0.15) is 0 Å². The summed E-state index contributed by atoms with van der Waals surface area (Å²) < 4.78 is 0. The number of carboxylic acids is 1. The molecule has 29 heteroatoms. The Kier molecular flexibility index (Phi) is 24.7.